The molecule has 0 amide bonds. The zero-order chi connectivity index (χ0) is 12.4. The number of thiol groups is 1. The summed E-state index contributed by atoms with van der Waals surface area (Å²) in [5.41, 5.74) is 7.58. The third-order valence-electron chi connectivity index (χ3n) is 2.58. The highest BCUT2D eigenvalue weighted by molar-refractivity contribution is 8.74. The summed E-state index contributed by atoms with van der Waals surface area (Å²) >= 11 is 3.84. The van der Waals surface area contributed by atoms with Crippen molar-refractivity contribution in [3.05, 3.63) is 30.0 Å². The maximum absolute atomic E-state index is 11.3. The van der Waals surface area contributed by atoms with Crippen molar-refractivity contribution in [3.63, 3.8) is 0 Å². The van der Waals surface area contributed by atoms with Gasteiger partial charge in [0.1, 0.15) is 5.75 Å². The number of rotatable bonds is 3. The first-order chi connectivity index (χ1) is 8.11. The minimum absolute atomic E-state index is 0.164. The smallest absolute Gasteiger partial charge is 0.216 e. The zero-order valence-electron chi connectivity index (χ0n) is 8.88. The van der Waals surface area contributed by atoms with Crippen molar-refractivity contribution >= 4 is 38.5 Å². The molecule has 4 nitrogen and oxygen atoms in total. The second-order valence-corrected chi connectivity index (χ2v) is 4.90. The van der Waals surface area contributed by atoms with E-state index in [0.717, 1.165) is 27.3 Å². The third kappa shape index (κ3) is 2.59. The summed E-state index contributed by atoms with van der Waals surface area (Å²) in [5.74, 6) is 0.196. The number of H-pyrrole nitrogens is 1. The fourth-order valence-electron chi connectivity index (χ4n) is 1.72. The van der Waals surface area contributed by atoms with Gasteiger partial charge in [-0.2, -0.15) is 0 Å². The summed E-state index contributed by atoms with van der Waals surface area (Å²) in [6, 6.07) is 4.47. The van der Waals surface area contributed by atoms with Crippen molar-refractivity contribution in [3.8, 4) is 5.75 Å². The van der Waals surface area contributed by atoms with Crippen LogP contribution in [-0.4, -0.2) is 21.2 Å². The molecule has 0 saturated heterocycles. The Kier molecular flexibility index (Phi) is 3.66. The first-order valence-corrected chi connectivity index (χ1v) is 6.88. The topological polar surface area (TPSA) is 79.1 Å². The van der Waals surface area contributed by atoms with Gasteiger partial charge in [0.15, 0.2) is 0 Å². The van der Waals surface area contributed by atoms with Crippen LogP contribution in [0.3, 0.4) is 0 Å². The van der Waals surface area contributed by atoms with Gasteiger partial charge >= 0.3 is 0 Å². The van der Waals surface area contributed by atoms with E-state index in [1.54, 1.807) is 24.4 Å². The van der Waals surface area contributed by atoms with Crippen molar-refractivity contribution in [1.82, 2.24) is 4.98 Å². The number of carbonyl (C=O) groups excluding carboxylic acids is 1. The van der Waals surface area contributed by atoms with Crippen molar-refractivity contribution in [1.29, 1.82) is 0 Å². The van der Waals surface area contributed by atoms with Crippen LogP contribution in [0.4, 0.5) is 0 Å². The molecule has 1 heterocycles. The molecular weight excluding hydrogens is 256 g/mol. The third-order valence-corrected chi connectivity index (χ3v) is 3.61. The molecule has 2 aromatic rings. The Balaban J connectivity index is 2.30. The molecule has 1 unspecified atom stereocenters. The lowest BCUT2D eigenvalue weighted by Gasteiger charge is -2.07. The van der Waals surface area contributed by atoms with Gasteiger partial charge in [-0.05, 0) is 41.0 Å². The number of nitrogens with two attached hydrogens (primary N) is 1. The molecule has 90 valence electrons. The molecule has 0 fully saturated rings. The summed E-state index contributed by atoms with van der Waals surface area (Å²) in [6.45, 7) is 0. The van der Waals surface area contributed by atoms with Crippen LogP contribution in [0.5, 0.6) is 5.75 Å². The first kappa shape index (κ1) is 12.3. The molecule has 0 spiro atoms. The van der Waals surface area contributed by atoms with E-state index in [1.807, 2.05) is 0 Å². The predicted octanol–water partition coefficient (Wildman–Crippen LogP) is 1.85. The minimum atomic E-state index is -0.584. The van der Waals surface area contributed by atoms with Crippen molar-refractivity contribution < 1.29 is 9.90 Å². The lowest BCUT2D eigenvalue weighted by atomic mass is 10.1. The summed E-state index contributed by atoms with van der Waals surface area (Å²) in [4.78, 5) is 14.4. The Morgan fingerprint density at radius 1 is 1.59 bits per heavy atom. The molecule has 2 rings (SSSR count). The van der Waals surface area contributed by atoms with Crippen LogP contribution in [0, 0.1) is 0 Å². The number of aromatic hydroxyl groups is 1. The summed E-state index contributed by atoms with van der Waals surface area (Å²) in [7, 11) is 0.834. The molecule has 1 aromatic heterocycles. The number of aromatic nitrogens is 1. The van der Waals surface area contributed by atoms with Crippen LogP contribution in [0.2, 0.25) is 0 Å². The molecule has 0 saturated carbocycles. The average Bonchev–Trinajstić information content (AvgIpc) is 2.71. The number of phenols is 1. The number of fused-ring (bicyclic) bond motifs is 1. The van der Waals surface area contributed by atoms with Crippen LogP contribution in [-0.2, 0) is 11.2 Å². The molecule has 0 aliphatic carbocycles. The van der Waals surface area contributed by atoms with E-state index in [-0.39, 0.29) is 10.9 Å². The van der Waals surface area contributed by atoms with E-state index in [4.69, 9.17) is 5.73 Å². The van der Waals surface area contributed by atoms with Crippen LogP contribution in [0.25, 0.3) is 10.9 Å². The van der Waals surface area contributed by atoms with Crippen LogP contribution < -0.4 is 5.73 Å². The number of carbonyl (C=O) groups is 1. The molecule has 6 heteroatoms. The number of aromatic amines is 1. The van der Waals surface area contributed by atoms with Crippen molar-refractivity contribution in [2.75, 3.05) is 0 Å². The minimum Gasteiger partial charge on any atom is -0.508 e. The Morgan fingerprint density at radius 3 is 3.06 bits per heavy atom. The Hall–Kier alpha value is -1.11. The lowest BCUT2D eigenvalue weighted by Crippen LogP contribution is -2.29. The van der Waals surface area contributed by atoms with E-state index < -0.39 is 6.04 Å². The van der Waals surface area contributed by atoms with Gasteiger partial charge in [-0.3, -0.25) is 4.79 Å². The summed E-state index contributed by atoms with van der Waals surface area (Å²) < 4.78 is 0. The molecule has 0 aliphatic rings. The fourth-order valence-corrected chi connectivity index (χ4v) is 2.35. The van der Waals surface area contributed by atoms with E-state index in [0.29, 0.717) is 6.42 Å². The van der Waals surface area contributed by atoms with Gasteiger partial charge < -0.3 is 15.8 Å². The number of phenolic OH excluding ortho intramolecular Hbond substituents is 1. The van der Waals surface area contributed by atoms with Gasteiger partial charge in [-0.25, -0.2) is 0 Å². The predicted molar refractivity (Wildman–Crippen MR) is 73.2 cm³/mol. The molecule has 0 radical (unpaired) electrons. The molecular formula is C11H12N2O2S2. The maximum Gasteiger partial charge on any atom is 0.216 e. The Morgan fingerprint density at radius 2 is 2.35 bits per heavy atom. The van der Waals surface area contributed by atoms with Crippen molar-refractivity contribution in [2.24, 2.45) is 5.73 Å². The van der Waals surface area contributed by atoms with Crippen LogP contribution >= 0.6 is 22.5 Å². The van der Waals surface area contributed by atoms with E-state index in [9.17, 15) is 9.90 Å². The second-order valence-electron chi connectivity index (χ2n) is 3.76. The van der Waals surface area contributed by atoms with Gasteiger partial charge in [0.05, 0.1) is 6.04 Å². The van der Waals surface area contributed by atoms with Gasteiger partial charge in [-0.15, -0.1) is 11.7 Å². The van der Waals surface area contributed by atoms with Crippen LogP contribution in [0.1, 0.15) is 5.56 Å². The highest BCUT2D eigenvalue weighted by Gasteiger charge is 2.15. The molecule has 0 bridgehead atoms. The highest BCUT2D eigenvalue weighted by Crippen LogP contribution is 2.24. The average molecular weight is 268 g/mol. The van der Waals surface area contributed by atoms with Gasteiger partial charge in [0.2, 0.25) is 5.12 Å². The normalized spacial score (nSPS) is 12.8. The fraction of sp³-hybridized carbons (Fsp3) is 0.182. The standard InChI is InChI=1S/C11H12N2O2S2/c12-9(11(15)17-16)3-6-5-13-10-2-1-7(14)4-8(6)10/h1-2,4-5,9,13-14,16H,3,12H2. The van der Waals surface area contributed by atoms with Crippen LogP contribution in [0.15, 0.2) is 24.4 Å². The molecule has 1 aromatic carbocycles. The number of hydrogen-bond donors (Lipinski definition) is 4. The largest absolute Gasteiger partial charge is 0.508 e. The first-order valence-electron chi connectivity index (χ1n) is 5.01. The maximum atomic E-state index is 11.3. The summed E-state index contributed by atoms with van der Waals surface area (Å²) in [5, 5.41) is 10.2. The highest BCUT2D eigenvalue weighted by atomic mass is 33.1. The number of hydrogen-bond acceptors (Lipinski definition) is 5. The van der Waals surface area contributed by atoms with Gasteiger partial charge in [-0.1, -0.05) is 0 Å². The summed E-state index contributed by atoms with van der Waals surface area (Å²) in [6.07, 6.45) is 2.23. The quantitative estimate of drug-likeness (QED) is 0.506. The molecule has 17 heavy (non-hydrogen) atoms. The monoisotopic (exact) mass is 268 g/mol. The number of benzene rings is 1. The molecule has 0 aliphatic heterocycles. The van der Waals surface area contributed by atoms with Gasteiger partial charge in [0.25, 0.3) is 0 Å². The SMILES string of the molecule is NC(Cc1c[nH]c2ccc(O)cc12)C(=O)SS. The van der Waals surface area contributed by atoms with Gasteiger partial charge in [0, 0.05) is 17.1 Å². The lowest BCUT2D eigenvalue weighted by molar-refractivity contribution is -0.111. The van der Waals surface area contributed by atoms with Crippen molar-refractivity contribution in [2.45, 2.75) is 12.5 Å². The molecule has 4 N–H and O–H groups in total. The Labute approximate surface area is 107 Å². The van der Waals surface area contributed by atoms with E-state index in [1.165, 1.54) is 0 Å². The Bertz CT molecular complexity index is 553. The number of nitrogens with one attached hydrogen (secondary N) is 1. The zero-order valence-corrected chi connectivity index (χ0v) is 10.6. The van der Waals surface area contributed by atoms with E-state index in [2.05, 4.69) is 16.6 Å². The second kappa shape index (κ2) is 5.03. The van der Waals surface area contributed by atoms with E-state index >= 15 is 0 Å². The molecule has 1 atom stereocenters.